The first-order valence-corrected chi connectivity index (χ1v) is 11.2. The molecule has 3 aromatic rings. The SMILES string of the molecule is CCOc1ccc(NC(SCc2ccccc2C)=C(C#N)C(=O)NCc2ccco2)cc1. The Balaban J connectivity index is 1.83. The van der Waals surface area contributed by atoms with E-state index in [0.717, 1.165) is 22.6 Å². The molecule has 0 bridgehead atoms. The number of nitrogens with zero attached hydrogens (tertiary/aromatic N) is 1. The van der Waals surface area contributed by atoms with Crippen LogP contribution in [0.15, 0.2) is 81.9 Å². The maximum absolute atomic E-state index is 12.8. The highest BCUT2D eigenvalue weighted by Crippen LogP contribution is 2.28. The van der Waals surface area contributed by atoms with Gasteiger partial charge in [0.2, 0.25) is 0 Å². The first kappa shape index (κ1) is 23.0. The van der Waals surface area contributed by atoms with Crippen LogP contribution >= 0.6 is 11.8 Å². The van der Waals surface area contributed by atoms with E-state index in [1.807, 2.05) is 62.4 Å². The molecule has 2 aromatic carbocycles. The van der Waals surface area contributed by atoms with Gasteiger partial charge in [-0.05, 0) is 61.4 Å². The maximum Gasteiger partial charge on any atom is 0.265 e. The average Bonchev–Trinajstić information content (AvgIpc) is 3.32. The smallest absolute Gasteiger partial charge is 0.265 e. The largest absolute Gasteiger partial charge is 0.494 e. The van der Waals surface area contributed by atoms with E-state index in [-0.39, 0.29) is 12.1 Å². The summed E-state index contributed by atoms with van der Waals surface area (Å²) in [6, 6.07) is 21.0. The number of furan rings is 1. The lowest BCUT2D eigenvalue weighted by atomic mass is 10.1. The number of amides is 1. The minimum absolute atomic E-state index is 0.0176. The molecule has 0 atom stereocenters. The highest BCUT2D eigenvalue weighted by atomic mass is 32.2. The van der Waals surface area contributed by atoms with E-state index in [9.17, 15) is 10.1 Å². The average molecular weight is 448 g/mol. The van der Waals surface area contributed by atoms with Crippen molar-refractivity contribution in [2.24, 2.45) is 0 Å². The summed E-state index contributed by atoms with van der Waals surface area (Å²) in [4.78, 5) is 12.8. The first-order chi connectivity index (χ1) is 15.6. The van der Waals surface area contributed by atoms with Gasteiger partial charge in [-0.3, -0.25) is 4.79 Å². The van der Waals surface area contributed by atoms with Gasteiger partial charge in [-0.2, -0.15) is 5.26 Å². The quantitative estimate of drug-likeness (QED) is 0.320. The van der Waals surface area contributed by atoms with Crippen molar-refractivity contribution in [1.29, 1.82) is 5.26 Å². The van der Waals surface area contributed by atoms with Crippen molar-refractivity contribution in [3.05, 3.63) is 94.4 Å². The van der Waals surface area contributed by atoms with E-state index >= 15 is 0 Å². The van der Waals surface area contributed by atoms with Crippen molar-refractivity contribution in [2.75, 3.05) is 11.9 Å². The molecule has 1 amide bonds. The van der Waals surface area contributed by atoms with Crippen LogP contribution < -0.4 is 15.4 Å². The second-order valence-corrected chi connectivity index (χ2v) is 7.86. The molecule has 6 nitrogen and oxygen atoms in total. The van der Waals surface area contributed by atoms with E-state index in [0.29, 0.717) is 23.1 Å². The van der Waals surface area contributed by atoms with Gasteiger partial charge in [-0.1, -0.05) is 24.3 Å². The zero-order chi connectivity index (χ0) is 22.8. The lowest BCUT2D eigenvalue weighted by Gasteiger charge is -2.14. The summed E-state index contributed by atoms with van der Waals surface area (Å²) in [6.07, 6.45) is 1.54. The van der Waals surface area contributed by atoms with E-state index in [2.05, 4.69) is 16.7 Å². The molecule has 0 aliphatic rings. The molecule has 0 unspecified atom stereocenters. The predicted octanol–water partition coefficient (Wildman–Crippen LogP) is 5.38. The number of carbonyl (C=O) groups is 1. The molecule has 0 fully saturated rings. The van der Waals surface area contributed by atoms with Crippen molar-refractivity contribution in [3.63, 3.8) is 0 Å². The molecule has 0 saturated carbocycles. The highest BCUT2D eigenvalue weighted by Gasteiger charge is 2.17. The van der Waals surface area contributed by atoms with Gasteiger partial charge in [-0.15, -0.1) is 11.8 Å². The number of benzene rings is 2. The number of hydrogen-bond donors (Lipinski definition) is 2. The third kappa shape index (κ3) is 6.43. The maximum atomic E-state index is 12.8. The Morgan fingerprint density at radius 2 is 1.91 bits per heavy atom. The summed E-state index contributed by atoms with van der Waals surface area (Å²) in [7, 11) is 0. The molecule has 0 aliphatic heterocycles. The molecule has 3 rings (SSSR count). The Morgan fingerprint density at radius 1 is 1.12 bits per heavy atom. The van der Waals surface area contributed by atoms with E-state index in [1.165, 1.54) is 11.8 Å². The second-order valence-electron chi connectivity index (χ2n) is 6.88. The summed E-state index contributed by atoms with van der Waals surface area (Å²) in [5, 5.41) is 16.3. The van der Waals surface area contributed by atoms with Gasteiger partial charge in [0.05, 0.1) is 24.4 Å². The topological polar surface area (TPSA) is 87.3 Å². The molecule has 0 aliphatic carbocycles. The number of hydrogen-bond acceptors (Lipinski definition) is 6. The van der Waals surface area contributed by atoms with Gasteiger partial charge >= 0.3 is 0 Å². The van der Waals surface area contributed by atoms with Crippen LogP contribution in [0.4, 0.5) is 5.69 Å². The number of aryl methyl sites for hydroxylation is 1. The van der Waals surface area contributed by atoms with Crippen LogP contribution in [0.3, 0.4) is 0 Å². The molecule has 164 valence electrons. The summed E-state index contributed by atoms with van der Waals surface area (Å²) in [5.74, 6) is 1.52. The van der Waals surface area contributed by atoms with E-state index < -0.39 is 5.91 Å². The fourth-order valence-electron chi connectivity index (χ4n) is 2.90. The van der Waals surface area contributed by atoms with Crippen molar-refractivity contribution in [1.82, 2.24) is 5.32 Å². The molecule has 0 radical (unpaired) electrons. The molecule has 1 aromatic heterocycles. The van der Waals surface area contributed by atoms with Gasteiger partial charge in [-0.25, -0.2) is 0 Å². The third-order valence-corrected chi connectivity index (χ3v) is 5.68. The standard InChI is InChI=1S/C25H25N3O3S/c1-3-30-21-12-10-20(11-13-21)28-25(32-17-19-8-5-4-7-18(19)2)23(15-26)24(29)27-16-22-9-6-14-31-22/h4-14,28H,3,16-17H2,1-2H3,(H,27,29). The van der Waals surface area contributed by atoms with Crippen molar-refractivity contribution < 1.29 is 13.9 Å². The Kier molecular flexibility index (Phi) is 8.41. The number of rotatable bonds is 10. The first-order valence-electron chi connectivity index (χ1n) is 10.2. The van der Waals surface area contributed by atoms with Gasteiger partial charge in [0.25, 0.3) is 5.91 Å². The van der Waals surface area contributed by atoms with Crippen molar-refractivity contribution in [2.45, 2.75) is 26.1 Å². The van der Waals surface area contributed by atoms with Crippen LogP contribution in [0.25, 0.3) is 0 Å². The number of ether oxygens (including phenoxy) is 1. The summed E-state index contributed by atoms with van der Waals surface area (Å²) < 4.78 is 10.7. The van der Waals surface area contributed by atoms with Gasteiger partial charge in [0.15, 0.2) is 0 Å². The molecule has 1 heterocycles. The minimum Gasteiger partial charge on any atom is -0.494 e. The normalized spacial score (nSPS) is 11.3. The van der Waals surface area contributed by atoms with Crippen LogP contribution in [0, 0.1) is 18.3 Å². The Hall–Kier alpha value is -3.63. The number of carbonyl (C=O) groups excluding carboxylic acids is 1. The molecular formula is C25H25N3O3S. The number of nitriles is 1. The molecule has 32 heavy (non-hydrogen) atoms. The number of thioether (sulfide) groups is 1. The van der Waals surface area contributed by atoms with E-state index in [4.69, 9.17) is 9.15 Å². The molecular weight excluding hydrogens is 422 g/mol. The molecule has 0 saturated heterocycles. The fraction of sp³-hybridized carbons (Fsp3) is 0.200. The second kappa shape index (κ2) is 11.7. The zero-order valence-electron chi connectivity index (χ0n) is 18.1. The van der Waals surface area contributed by atoms with Crippen LogP contribution in [0.2, 0.25) is 0 Å². The third-order valence-electron chi connectivity index (χ3n) is 4.63. The molecule has 7 heteroatoms. The molecule has 2 N–H and O–H groups in total. The van der Waals surface area contributed by atoms with E-state index in [1.54, 1.807) is 18.4 Å². The predicted molar refractivity (Wildman–Crippen MR) is 127 cm³/mol. The van der Waals surface area contributed by atoms with Gasteiger partial charge in [0, 0.05) is 11.4 Å². The molecule has 0 spiro atoms. The van der Waals surface area contributed by atoms with Crippen LogP contribution in [-0.4, -0.2) is 12.5 Å². The van der Waals surface area contributed by atoms with Crippen LogP contribution in [0.5, 0.6) is 5.75 Å². The monoisotopic (exact) mass is 447 g/mol. The lowest BCUT2D eigenvalue weighted by molar-refractivity contribution is -0.117. The minimum atomic E-state index is -0.463. The summed E-state index contributed by atoms with van der Waals surface area (Å²) in [6.45, 7) is 4.75. The van der Waals surface area contributed by atoms with Crippen molar-refractivity contribution in [3.8, 4) is 11.8 Å². The Labute approximate surface area is 192 Å². The Bertz CT molecular complexity index is 1100. The van der Waals surface area contributed by atoms with Crippen LogP contribution in [0.1, 0.15) is 23.8 Å². The lowest BCUT2D eigenvalue weighted by Crippen LogP contribution is -2.25. The summed E-state index contributed by atoms with van der Waals surface area (Å²) in [5.41, 5.74) is 3.06. The van der Waals surface area contributed by atoms with Crippen molar-refractivity contribution >= 4 is 23.4 Å². The van der Waals surface area contributed by atoms with Crippen LogP contribution in [-0.2, 0) is 17.1 Å². The highest BCUT2D eigenvalue weighted by molar-refractivity contribution is 8.02. The van der Waals surface area contributed by atoms with Gasteiger partial charge < -0.3 is 19.8 Å². The zero-order valence-corrected chi connectivity index (χ0v) is 18.9. The fourth-order valence-corrected chi connectivity index (χ4v) is 4.00. The Morgan fingerprint density at radius 3 is 2.56 bits per heavy atom. The van der Waals surface area contributed by atoms with Gasteiger partial charge in [0.1, 0.15) is 23.2 Å². The summed E-state index contributed by atoms with van der Waals surface area (Å²) >= 11 is 1.41. The number of nitrogens with one attached hydrogen (secondary N) is 2. The number of anilines is 1.